The number of carboxylic acid groups (broad SMARTS) is 1. The largest absolute Gasteiger partial charge is 0.480 e. The first-order valence-corrected chi connectivity index (χ1v) is 10.5. The Morgan fingerprint density at radius 3 is 2.12 bits per heavy atom. The van der Waals surface area contributed by atoms with E-state index in [9.17, 15) is 4.79 Å². The number of aliphatic carboxylic acids is 1. The normalized spacial score (nSPS) is 12.9. The summed E-state index contributed by atoms with van der Waals surface area (Å²) >= 11 is 0. The van der Waals surface area contributed by atoms with Crippen LogP contribution in [0.2, 0.25) is 0 Å². The lowest BCUT2D eigenvalue weighted by Gasteiger charge is -2.22. The fourth-order valence-electron chi connectivity index (χ4n) is 2.62. The summed E-state index contributed by atoms with van der Waals surface area (Å²) in [5, 5.41) is 53.3. The van der Waals surface area contributed by atoms with Gasteiger partial charge in [-0.3, -0.25) is 9.48 Å². The Bertz CT molecular complexity index is 595. The number of nitrogens with zero attached hydrogens (tertiary/aromatic N) is 3. The minimum atomic E-state index is -1.01. The molecular formula is C19H36N4O9. The third-order valence-corrected chi connectivity index (χ3v) is 4.61. The number of nitrogens with two attached hydrogens (primary N) is 1. The maximum atomic E-state index is 10.7. The summed E-state index contributed by atoms with van der Waals surface area (Å²) in [6.45, 7) is -0.0464. The lowest BCUT2D eigenvalue weighted by atomic mass is 10.1. The van der Waals surface area contributed by atoms with Gasteiger partial charge in [0.1, 0.15) is 23.9 Å². The fourth-order valence-corrected chi connectivity index (χ4v) is 2.62. The van der Waals surface area contributed by atoms with E-state index in [0.29, 0.717) is 25.1 Å². The highest BCUT2D eigenvalue weighted by molar-refractivity contribution is 5.72. The van der Waals surface area contributed by atoms with Crippen molar-refractivity contribution in [2.75, 3.05) is 46.2 Å². The Morgan fingerprint density at radius 2 is 1.59 bits per heavy atom. The molecule has 0 spiro atoms. The molecule has 1 rings (SSSR count). The maximum absolute atomic E-state index is 10.7. The Kier molecular flexibility index (Phi) is 14.9. The topological polar surface area (TPSA) is 203 Å². The molecule has 0 aliphatic heterocycles. The van der Waals surface area contributed by atoms with Gasteiger partial charge in [-0.2, -0.15) is 0 Å². The van der Waals surface area contributed by atoms with E-state index in [1.807, 2.05) is 0 Å². The van der Waals surface area contributed by atoms with Crippen LogP contribution in [0.1, 0.15) is 25.0 Å². The van der Waals surface area contributed by atoms with Crippen LogP contribution in [0, 0.1) is 5.92 Å². The lowest BCUT2D eigenvalue weighted by Crippen LogP contribution is -2.32. The molecule has 0 aromatic carbocycles. The molecule has 1 aromatic heterocycles. The van der Waals surface area contributed by atoms with Crippen molar-refractivity contribution in [2.24, 2.45) is 11.7 Å². The Labute approximate surface area is 186 Å². The molecular weight excluding hydrogens is 428 g/mol. The highest BCUT2D eigenvalue weighted by Crippen LogP contribution is 2.08. The first kappa shape index (κ1) is 28.3. The van der Waals surface area contributed by atoms with Gasteiger partial charge in [0.05, 0.1) is 59.1 Å². The number of carboxylic acids is 1. The van der Waals surface area contributed by atoms with Gasteiger partial charge >= 0.3 is 5.97 Å². The van der Waals surface area contributed by atoms with E-state index in [4.69, 9.17) is 45.5 Å². The van der Waals surface area contributed by atoms with Crippen LogP contribution in [0.25, 0.3) is 0 Å². The quantitative estimate of drug-likeness (QED) is 0.113. The number of ether oxygens (including phenoxy) is 3. The van der Waals surface area contributed by atoms with Crippen molar-refractivity contribution < 1.29 is 44.5 Å². The number of aromatic nitrogens is 3. The van der Waals surface area contributed by atoms with Gasteiger partial charge < -0.3 is 45.5 Å². The molecule has 1 atom stereocenters. The second kappa shape index (κ2) is 16.9. The van der Waals surface area contributed by atoms with Crippen molar-refractivity contribution >= 4 is 5.97 Å². The number of carbonyl (C=O) groups is 1. The minimum Gasteiger partial charge on any atom is -0.480 e. The molecule has 0 aliphatic carbocycles. The first-order chi connectivity index (χ1) is 15.4. The summed E-state index contributed by atoms with van der Waals surface area (Å²) in [5.41, 5.74) is 6.08. The minimum absolute atomic E-state index is 0.139. The molecule has 0 bridgehead atoms. The van der Waals surface area contributed by atoms with Gasteiger partial charge in [0, 0.05) is 12.5 Å². The standard InChI is InChI=1S/C19H36N4O9/c20-18(19(28)29)3-1-2-4-23-5-15(21-22-23)13-30-10-14(11-31-16(6-24)7-25)12-32-17(8-26)9-27/h5,14,16-18,24-27H,1-4,6-13,20H2,(H,28,29)/t18-/m1/s1. The average Bonchev–Trinajstić information content (AvgIpc) is 3.24. The van der Waals surface area contributed by atoms with Crippen LogP contribution in [0.4, 0.5) is 0 Å². The number of rotatable bonds is 20. The van der Waals surface area contributed by atoms with Gasteiger partial charge in [-0.05, 0) is 19.3 Å². The summed E-state index contributed by atoms with van der Waals surface area (Å²) in [7, 11) is 0. The zero-order valence-corrected chi connectivity index (χ0v) is 18.2. The van der Waals surface area contributed by atoms with Crippen LogP contribution in [-0.4, -0.2) is 111 Å². The van der Waals surface area contributed by atoms with Crippen LogP contribution in [0.15, 0.2) is 6.20 Å². The van der Waals surface area contributed by atoms with Crippen LogP contribution >= 0.6 is 0 Å². The predicted octanol–water partition coefficient (Wildman–Crippen LogP) is -2.27. The zero-order chi connectivity index (χ0) is 23.8. The molecule has 0 saturated heterocycles. The molecule has 13 heteroatoms. The average molecular weight is 465 g/mol. The van der Waals surface area contributed by atoms with Crippen LogP contribution in [0.5, 0.6) is 0 Å². The number of hydrogen-bond donors (Lipinski definition) is 6. The van der Waals surface area contributed by atoms with E-state index in [1.165, 1.54) is 0 Å². The van der Waals surface area contributed by atoms with Crippen LogP contribution in [-0.2, 0) is 32.2 Å². The Morgan fingerprint density at radius 1 is 1.00 bits per heavy atom. The third kappa shape index (κ3) is 11.8. The fraction of sp³-hybridized carbons (Fsp3) is 0.842. The van der Waals surface area contributed by atoms with Gasteiger partial charge in [0.25, 0.3) is 0 Å². The number of aliphatic hydroxyl groups excluding tert-OH is 4. The number of aryl methyl sites for hydroxylation is 1. The van der Waals surface area contributed by atoms with Crippen LogP contribution < -0.4 is 5.73 Å². The van der Waals surface area contributed by atoms with Crippen molar-refractivity contribution in [3.63, 3.8) is 0 Å². The van der Waals surface area contributed by atoms with Crippen molar-refractivity contribution in [1.29, 1.82) is 0 Å². The molecule has 0 aliphatic rings. The van der Waals surface area contributed by atoms with Crippen molar-refractivity contribution in [3.05, 3.63) is 11.9 Å². The van der Waals surface area contributed by atoms with Crippen molar-refractivity contribution in [1.82, 2.24) is 15.0 Å². The molecule has 0 saturated carbocycles. The second-order valence-electron chi connectivity index (χ2n) is 7.44. The molecule has 0 fully saturated rings. The van der Waals surface area contributed by atoms with Gasteiger partial charge in [-0.1, -0.05) is 5.21 Å². The molecule has 32 heavy (non-hydrogen) atoms. The molecule has 0 unspecified atom stereocenters. The van der Waals surface area contributed by atoms with E-state index >= 15 is 0 Å². The smallest absolute Gasteiger partial charge is 0.320 e. The summed E-state index contributed by atoms with van der Waals surface area (Å²) in [6.07, 6.45) is 2.08. The number of aliphatic hydroxyl groups is 4. The summed E-state index contributed by atoms with van der Waals surface area (Å²) < 4.78 is 18.2. The zero-order valence-electron chi connectivity index (χ0n) is 18.2. The predicted molar refractivity (Wildman–Crippen MR) is 110 cm³/mol. The highest BCUT2D eigenvalue weighted by Gasteiger charge is 2.17. The monoisotopic (exact) mass is 464 g/mol. The maximum Gasteiger partial charge on any atom is 0.320 e. The summed E-state index contributed by atoms with van der Waals surface area (Å²) in [5.74, 6) is -1.28. The number of hydrogen-bond acceptors (Lipinski definition) is 11. The van der Waals surface area contributed by atoms with Gasteiger partial charge in [0.2, 0.25) is 0 Å². The molecule has 7 N–H and O–H groups in total. The second-order valence-corrected chi connectivity index (χ2v) is 7.44. The number of unbranched alkanes of at least 4 members (excludes halogenated alkanes) is 1. The molecule has 0 amide bonds. The Balaban J connectivity index is 2.41. The molecule has 13 nitrogen and oxygen atoms in total. The van der Waals surface area contributed by atoms with Crippen molar-refractivity contribution in [3.8, 4) is 0 Å². The van der Waals surface area contributed by atoms with Gasteiger partial charge in [0.15, 0.2) is 0 Å². The third-order valence-electron chi connectivity index (χ3n) is 4.61. The molecule has 186 valence electrons. The van der Waals surface area contributed by atoms with E-state index in [-0.39, 0.29) is 58.8 Å². The van der Waals surface area contributed by atoms with Crippen LogP contribution in [0.3, 0.4) is 0 Å². The summed E-state index contributed by atoms with van der Waals surface area (Å²) in [4.78, 5) is 10.7. The molecule has 1 heterocycles. The molecule has 1 aromatic rings. The van der Waals surface area contributed by atoms with E-state index < -0.39 is 24.2 Å². The summed E-state index contributed by atoms with van der Waals surface area (Å²) in [6, 6.07) is -0.856. The van der Waals surface area contributed by atoms with Gasteiger partial charge in [-0.15, -0.1) is 5.10 Å². The lowest BCUT2D eigenvalue weighted by molar-refractivity contribution is -0.138. The SMILES string of the molecule is N[C@H](CCCCn1cc(COCC(COC(CO)CO)COC(CO)CO)nn1)C(=O)O. The van der Waals surface area contributed by atoms with E-state index in [2.05, 4.69) is 10.3 Å². The van der Waals surface area contributed by atoms with E-state index in [1.54, 1.807) is 10.9 Å². The Hall–Kier alpha value is -1.71. The van der Waals surface area contributed by atoms with Gasteiger partial charge in [-0.25, -0.2) is 0 Å². The highest BCUT2D eigenvalue weighted by atomic mass is 16.5. The van der Waals surface area contributed by atoms with E-state index in [0.717, 1.165) is 6.42 Å². The first-order valence-electron chi connectivity index (χ1n) is 10.5. The van der Waals surface area contributed by atoms with Crippen molar-refractivity contribution in [2.45, 2.75) is 50.7 Å². The molecule has 0 radical (unpaired) electrons.